The number of carboxylic acids is 1. The number of aromatic nitrogens is 3. The van der Waals surface area contributed by atoms with Gasteiger partial charge in [-0.3, -0.25) is 0 Å². The van der Waals surface area contributed by atoms with Crippen molar-refractivity contribution >= 4 is 5.97 Å². The van der Waals surface area contributed by atoms with Crippen molar-refractivity contribution < 1.29 is 23.1 Å². The van der Waals surface area contributed by atoms with Crippen LogP contribution < -0.4 is 0 Å². The van der Waals surface area contributed by atoms with Crippen LogP contribution in [0.25, 0.3) is 11.3 Å². The van der Waals surface area contributed by atoms with Crippen LogP contribution in [0.2, 0.25) is 0 Å². The van der Waals surface area contributed by atoms with E-state index in [-0.39, 0.29) is 12.1 Å². The van der Waals surface area contributed by atoms with E-state index in [0.29, 0.717) is 11.3 Å². The molecule has 0 aliphatic rings. The van der Waals surface area contributed by atoms with Crippen LogP contribution in [-0.2, 0) is 12.7 Å². The zero-order valence-corrected chi connectivity index (χ0v) is 12.7. The molecule has 0 atom stereocenters. The Morgan fingerprint density at radius 2 is 1.84 bits per heavy atom. The first-order valence-electron chi connectivity index (χ1n) is 7.23. The molecule has 8 heteroatoms. The number of benzene rings is 2. The maximum Gasteiger partial charge on any atom is 0.416 e. The zero-order chi connectivity index (χ0) is 18.0. The number of halogens is 3. The molecule has 5 nitrogen and oxygen atoms in total. The quantitative estimate of drug-likeness (QED) is 0.781. The molecule has 25 heavy (non-hydrogen) atoms. The maximum absolute atomic E-state index is 12.9. The monoisotopic (exact) mass is 347 g/mol. The van der Waals surface area contributed by atoms with Crippen molar-refractivity contribution in [2.24, 2.45) is 0 Å². The van der Waals surface area contributed by atoms with Gasteiger partial charge < -0.3 is 5.11 Å². The lowest BCUT2D eigenvalue weighted by Gasteiger charge is -2.10. The van der Waals surface area contributed by atoms with E-state index in [1.54, 1.807) is 18.2 Å². The number of aromatic carboxylic acids is 1. The summed E-state index contributed by atoms with van der Waals surface area (Å²) in [5.41, 5.74) is 0.947. The Bertz CT molecular complexity index is 902. The molecule has 0 aliphatic heterocycles. The molecule has 0 bridgehead atoms. The topological polar surface area (TPSA) is 68.0 Å². The minimum atomic E-state index is -4.43. The highest BCUT2D eigenvalue weighted by atomic mass is 19.4. The Balaban J connectivity index is 1.89. The molecule has 3 rings (SSSR count). The summed E-state index contributed by atoms with van der Waals surface area (Å²) in [7, 11) is 0. The first-order valence-corrected chi connectivity index (χ1v) is 7.23. The Morgan fingerprint density at radius 3 is 2.48 bits per heavy atom. The summed E-state index contributed by atoms with van der Waals surface area (Å²) in [6.45, 7) is 0.255. The lowest BCUT2D eigenvalue weighted by Crippen LogP contribution is -2.07. The van der Waals surface area contributed by atoms with E-state index >= 15 is 0 Å². The van der Waals surface area contributed by atoms with Gasteiger partial charge in [0.25, 0.3) is 0 Å². The van der Waals surface area contributed by atoms with Crippen molar-refractivity contribution in [3.05, 3.63) is 71.4 Å². The van der Waals surface area contributed by atoms with E-state index in [4.69, 9.17) is 5.11 Å². The Morgan fingerprint density at radius 1 is 1.12 bits per heavy atom. The van der Waals surface area contributed by atoms with Gasteiger partial charge in [-0.2, -0.15) is 13.2 Å². The largest absolute Gasteiger partial charge is 0.478 e. The number of rotatable bonds is 4. The van der Waals surface area contributed by atoms with Gasteiger partial charge in [-0.25, -0.2) is 9.48 Å². The summed E-state index contributed by atoms with van der Waals surface area (Å²) in [6, 6.07) is 11.1. The van der Waals surface area contributed by atoms with Crippen LogP contribution in [0.4, 0.5) is 13.2 Å². The third kappa shape index (κ3) is 3.68. The summed E-state index contributed by atoms with van der Waals surface area (Å²) < 4.78 is 40.1. The molecule has 0 fully saturated rings. The predicted molar refractivity (Wildman–Crippen MR) is 83.0 cm³/mol. The van der Waals surface area contributed by atoms with Crippen LogP contribution in [0.15, 0.2) is 54.7 Å². The van der Waals surface area contributed by atoms with Crippen LogP contribution in [0.5, 0.6) is 0 Å². The van der Waals surface area contributed by atoms with Gasteiger partial charge in [0.2, 0.25) is 0 Å². The molecule has 128 valence electrons. The highest BCUT2D eigenvalue weighted by Gasteiger charge is 2.30. The van der Waals surface area contributed by atoms with E-state index in [9.17, 15) is 18.0 Å². The van der Waals surface area contributed by atoms with Crippen molar-refractivity contribution in [1.82, 2.24) is 15.0 Å². The van der Waals surface area contributed by atoms with E-state index in [2.05, 4.69) is 10.3 Å². The van der Waals surface area contributed by atoms with E-state index < -0.39 is 17.7 Å². The zero-order valence-electron chi connectivity index (χ0n) is 12.7. The number of carboxylic acid groups (broad SMARTS) is 1. The minimum Gasteiger partial charge on any atom is -0.478 e. The number of alkyl halides is 3. The van der Waals surface area contributed by atoms with Gasteiger partial charge in [0, 0.05) is 5.56 Å². The molecule has 0 unspecified atom stereocenters. The maximum atomic E-state index is 12.9. The van der Waals surface area contributed by atoms with Gasteiger partial charge in [0.05, 0.1) is 29.6 Å². The fourth-order valence-electron chi connectivity index (χ4n) is 2.38. The molecule has 0 aliphatic carbocycles. The molecular weight excluding hydrogens is 335 g/mol. The molecule has 1 heterocycles. The van der Waals surface area contributed by atoms with Crippen molar-refractivity contribution in [2.45, 2.75) is 12.7 Å². The molecule has 1 N–H and O–H groups in total. The molecule has 0 saturated heterocycles. The SMILES string of the molecule is O=C(O)c1ccc(Cn2nncc2-c2cccc(C(F)(F)F)c2)cc1. The lowest BCUT2D eigenvalue weighted by atomic mass is 10.1. The highest BCUT2D eigenvalue weighted by Crippen LogP contribution is 2.32. The second kappa shape index (κ2) is 6.39. The van der Waals surface area contributed by atoms with Crippen LogP contribution in [0, 0.1) is 0 Å². The predicted octanol–water partition coefficient (Wildman–Crippen LogP) is 3.71. The third-order valence-electron chi connectivity index (χ3n) is 3.64. The number of carbonyl (C=O) groups is 1. The molecule has 0 amide bonds. The van der Waals surface area contributed by atoms with Crippen LogP contribution in [-0.4, -0.2) is 26.1 Å². The number of hydrogen-bond acceptors (Lipinski definition) is 3. The molecule has 1 aromatic heterocycles. The smallest absolute Gasteiger partial charge is 0.416 e. The van der Waals surface area contributed by atoms with Crippen molar-refractivity contribution in [3.63, 3.8) is 0 Å². The molecule has 0 saturated carbocycles. The average Bonchev–Trinajstić information content (AvgIpc) is 3.03. The first-order chi connectivity index (χ1) is 11.8. The molecular formula is C17H12F3N3O2. The van der Waals surface area contributed by atoms with E-state index in [0.717, 1.165) is 17.7 Å². The molecule has 2 aromatic carbocycles. The summed E-state index contributed by atoms with van der Waals surface area (Å²) in [5, 5.41) is 16.6. The standard InChI is InChI=1S/C17H12F3N3O2/c18-17(19,20)14-3-1-2-13(8-14)15-9-21-22-23(15)10-11-4-6-12(7-5-11)16(24)25/h1-9H,10H2,(H,24,25). The van der Waals surface area contributed by atoms with Crippen LogP contribution in [0.1, 0.15) is 21.5 Å². The average molecular weight is 347 g/mol. The fourth-order valence-corrected chi connectivity index (χ4v) is 2.38. The van der Waals surface area contributed by atoms with Crippen molar-refractivity contribution in [3.8, 4) is 11.3 Å². The molecule has 0 radical (unpaired) electrons. The normalized spacial score (nSPS) is 11.5. The first kappa shape index (κ1) is 16.7. The van der Waals surface area contributed by atoms with Crippen LogP contribution in [0.3, 0.4) is 0 Å². The summed E-state index contributed by atoms with van der Waals surface area (Å²) in [6.07, 6.45) is -3.04. The molecule has 0 spiro atoms. The van der Waals surface area contributed by atoms with Gasteiger partial charge in [-0.15, -0.1) is 5.10 Å². The minimum absolute atomic E-state index is 0.153. The summed E-state index contributed by atoms with van der Waals surface area (Å²) in [4.78, 5) is 10.9. The second-order valence-electron chi connectivity index (χ2n) is 5.36. The van der Waals surface area contributed by atoms with Crippen molar-refractivity contribution in [1.29, 1.82) is 0 Å². The second-order valence-corrected chi connectivity index (χ2v) is 5.36. The molecule has 3 aromatic rings. The Hall–Kier alpha value is -3.16. The van der Waals surface area contributed by atoms with E-state index in [1.807, 2.05) is 0 Å². The third-order valence-corrected chi connectivity index (χ3v) is 3.64. The van der Waals surface area contributed by atoms with Gasteiger partial charge in [0.15, 0.2) is 0 Å². The highest BCUT2D eigenvalue weighted by molar-refractivity contribution is 5.87. The van der Waals surface area contributed by atoms with Gasteiger partial charge in [-0.05, 0) is 29.8 Å². The van der Waals surface area contributed by atoms with Crippen molar-refractivity contribution in [2.75, 3.05) is 0 Å². The Labute approximate surface area is 140 Å². The number of nitrogens with zero attached hydrogens (tertiary/aromatic N) is 3. The van der Waals surface area contributed by atoms with Gasteiger partial charge in [-0.1, -0.05) is 29.5 Å². The van der Waals surface area contributed by atoms with Gasteiger partial charge >= 0.3 is 12.1 Å². The summed E-state index contributed by atoms with van der Waals surface area (Å²) in [5.74, 6) is -1.03. The van der Waals surface area contributed by atoms with Gasteiger partial charge in [0.1, 0.15) is 0 Å². The van der Waals surface area contributed by atoms with Crippen LogP contribution >= 0.6 is 0 Å². The number of hydrogen-bond donors (Lipinski definition) is 1. The summed E-state index contributed by atoms with van der Waals surface area (Å²) >= 11 is 0. The lowest BCUT2D eigenvalue weighted by molar-refractivity contribution is -0.137. The van der Waals surface area contributed by atoms with E-state index in [1.165, 1.54) is 29.1 Å². The fraction of sp³-hybridized carbons (Fsp3) is 0.118. The Kier molecular flexibility index (Phi) is 4.26.